The Balaban J connectivity index is 1.91. The summed E-state index contributed by atoms with van der Waals surface area (Å²) in [6.45, 7) is 10.5. The second-order valence-electron chi connectivity index (χ2n) is 8.88. The number of Topliss-reactive ketones (excluding diaryl/α,β-unsaturated/α-hetero) is 1. The molecule has 0 atom stereocenters. The summed E-state index contributed by atoms with van der Waals surface area (Å²) in [5.41, 5.74) is 2.12. The van der Waals surface area contributed by atoms with Crippen molar-refractivity contribution in [3.8, 4) is 5.75 Å². The molecule has 0 aliphatic heterocycles. The number of benzene rings is 3. The molecular weight excluding hydrogens is 388 g/mol. The first-order chi connectivity index (χ1) is 14.2. The third kappa shape index (κ3) is 5.76. The smallest absolute Gasteiger partial charge is 0.170 e. The number of rotatable bonds is 7. The van der Waals surface area contributed by atoms with Crippen LogP contribution in [0.15, 0.2) is 87.5 Å². The fourth-order valence-corrected chi connectivity index (χ4v) is 5.84. The summed E-state index contributed by atoms with van der Waals surface area (Å²) in [4.78, 5) is 16.1. The SMILES string of the molecule is Cc1cc([S+](c2ccccc2)c2ccccc2)cc(C)c1OCC(=O)CC(C)(C)C. The minimum absolute atomic E-state index is 0.0197. The van der Waals surface area contributed by atoms with E-state index in [0.29, 0.717) is 6.42 Å². The molecule has 3 heteroatoms. The van der Waals surface area contributed by atoms with E-state index in [0.717, 1.165) is 16.9 Å². The lowest BCUT2D eigenvalue weighted by atomic mass is 9.90. The number of carbonyl (C=O) groups excluding carboxylic acids is 1. The molecule has 2 nitrogen and oxygen atoms in total. The van der Waals surface area contributed by atoms with Crippen LogP contribution in [-0.2, 0) is 15.7 Å². The van der Waals surface area contributed by atoms with Crippen LogP contribution in [0.5, 0.6) is 5.75 Å². The second-order valence-corrected chi connectivity index (χ2v) is 10.9. The number of hydrogen-bond acceptors (Lipinski definition) is 2. The molecule has 0 fully saturated rings. The zero-order chi connectivity index (χ0) is 21.7. The Bertz CT molecular complexity index is 926. The monoisotopic (exact) mass is 419 g/mol. The van der Waals surface area contributed by atoms with Crippen molar-refractivity contribution in [1.29, 1.82) is 0 Å². The number of ketones is 1. The molecule has 30 heavy (non-hydrogen) atoms. The van der Waals surface area contributed by atoms with E-state index in [1.54, 1.807) is 0 Å². The zero-order valence-electron chi connectivity index (χ0n) is 18.6. The molecule has 0 aliphatic rings. The van der Waals surface area contributed by atoms with Gasteiger partial charge in [0.15, 0.2) is 20.5 Å². The van der Waals surface area contributed by atoms with E-state index in [1.165, 1.54) is 14.7 Å². The van der Waals surface area contributed by atoms with E-state index in [9.17, 15) is 4.79 Å². The highest BCUT2D eigenvalue weighted by molar-refractivity contribution is 7.97. The van der Waals surface area contributed by atoms with Crippen LogP contribution < -0.4 is 4.74 Å². The Labute approximate surface area is 183 Å². The van der Waals surface area contributed by atoms with E-state index in [-0.39, 0.29) is 28.7 Å². The Hall–Kier alpha value is -2.52. The van der Waals surface area contributed by atoms with Crippen molar-refractivity contribution in [3.05, 3.63) is 83.9 Å². The van der Waals surface area contributed by atoms with Crippen LogP contribution in [-0.4, -0.2) is 12.4 Å². The highest BCUT2D eigenvalue weighted by Gasteiger charge is 2.29. The van der Waals surface area contributed by atoms with E-state index in [1.807, 2.05) is 0 Å². The predicted molar refractivity (Wildman–Crippen MR) is 126 cm³/mol. The first-order valence-corrected chi connectivity index (χ1v) is 11.6. The van der Waals surface area contributed by atoms with Gasteiger partial charge in [-0.2, -0.15) is 0 Å². The molecule has 0 saturated heterocycles. The number of ether oxygens (including phenoxy) is 1. The van der Waals surface area contributed by atoms with Crippen molar-refractivity contribution in [2.45, 2.75) is 55.7 Å². The predicted octanol–water partition coefficient (Wildman–Crippen LogP) is 6.78. The minimum atomic E-state index is -0.192. The van der Waals surface area contributed by atoms with Crippen molar-refractivity contribution < 1.29 is 9.53 Å². The van der Waals surface area contributed by atoms with E-state index < -0.39 is 0 Å². The molecule has 0 unspecified atom stereocenters. The first kappa shape index (κ1) is 22.2. The quantitative estimate of drug-likeness (QED) is 0.394. The average Bonchev–Trinajstić information content (AvgIpc) is 2.68. The standard InChI is InChI=1S/C27H31O2S/c1-20-16-25(17-21(2)26(20)29-19-22(28)18-27(3,4)5)30(23-12-8-6-9-13-23)24-14-10-7-11-15-24/h6-17H,18-19H2,1-5H3/q+1. The summed E-state index contributed by atoms with van der Waals surface area (Å²) < 4.78 is 5.97. The van der Waals surface area contributed by atoms with Crippen LogP contribution >= 0.6 is 0 Å². The van der Waals surface area contributed by atoms with Crippen LogP contribution in [0.4, 0.5) is 0 Å². The van der Waals surface area contributed by atoms with Crippen molar-refractivity contribution in [2.75, 3.05) is 6.61 Å². The van der Waals surface area contributed by atoms with E-state index in [2.05, 4.69) is 107 Å². The van der Waals surface area contributed by atoms with Crippen LogP contribution in [0, 0.1) is 19.3 Å². The maximum atomic E-state index is 12.3. The Kier molecular flexibility index (Phi) is 7.04. The zero-order valence-corrected chi connectivity index (χ0v) is 19.4. The second kappa shape index (κ2) is 9.53. The molecule has 0 saturated carbocycles. The van der Waals surface area contributed by atoms with Crippen LogP contribution in [0.1, 0.15) is 38.3 Å². The first-order valence-electron chi connectivity index (χ1n) is 10.3. The third-order valence-corrected chi connectivity index (χ3v) is 6.93. The topological polar surface area (TPSA) is 26.3 Å². The fourth-order valence-electron chi connectivity index (χ4n) is 3.57. The average molecular weight is 420 g/mol. The van der Waals surface area contributed by atoms with Crippen molar-refractivity contribution in [3.63, 3.8) is 0 Å². The lowest BCUT2D eigenvalue weighted by Gasteiger charge is -2.18. The van der Waals surface area contributed by atoms with Crippen molar-refractivity contribution in [1.82, 2.24) is 0 Å². The van der Waals surface area contributed by atoms with Gasteiger partial charge >= 0.3 is 0 Å². The molecule has 156 valence electrons. The minimum Gasteiger partial charge on any atom is -0.485 e. The largest absolute Gasteiger partial charge is 0.485 e. The summed E-state index contributed by atoms with van der Waals surface area (Å²) in [5.74, 6) is 0.962. The maximum absolute atomic E-state index is 12.3. The van der Waals surface area contributed by atoms with Gasteiger partial charge in [0.1, 0.15) is 12.4 Å². The van der Waals surface area contributed by atoms with Gasteiger partial charge in [0.25, 0.3) is 0 Å². The number of hydrogen-bond donors (Lipinski definition) is 0. The molecule has 0 bridgehead atoms. The Morgan fingerprint density at radius 3 is 1.70 bits per heavy atom. The van der Waals surface area contributed by atoms with Crippen LogP contribution in [0.2, 0.25) is 0 Å². The van der Waals surface area contributed by atoms with Gasteiger partial charge in [-0.05, 0) is 54.7 Å². The molecule has 0 aliphatic carbocycles. The highest BCUT2D eigenvalue weighted by atomic mass is 32.2. The summed E-state index contributed by atoms with van der Waals surface area (Å²) >= 11 is 0. The van der Waals surface area contributed by atoms with Gasteiger partial charge in [-0.1, -0.05) is 57.2 Å². The van der Waals surface area contributed by atoms with Gasteiger partial charge in [-0.3, -0.25) is 4.79 Å². The molecule has 3 aromatic carbocycles. The van der Waals surface area contributed by atoms with Gasteiger partial charge in [-0.25, -0.2) is 0 Å². The molecule has 0 radical (unpaired) electrons. The molecule has 0 heterocycles. The molecule has 3 aromatic rings. The van der Waals surface area contributed by atoms with Gasteiger partial charge in [0.05, 0.1) is 10.9 Å². The Morgan fingerprint density at radius 1 is 0.800 bits per heavy atom. The van der Waals surface area contributed by atoms with Crippen molar-refractivity contribution in [2.24, 2.45) is 5.41 Å². The van der Waals surface area contributed by atoms with Gasteiger partial charge in [-0.15, -0.1) is 0 Å². The van der Waals surface area contributed by atoms with Crippen LogP contribution in [0.25, 0.3) is 0 Å². The van der Waals surface area contributed by atoms with Gasteiger partial charge < -0.3 is 4.74 Å². The highest BCUT2D eigenvalue weighted by Crippen LogP contribution is 2.35. The maximum Gasteiger partial charge on any atom is 0.170 e. The van der Waals surface area contributed by atoms with Gasteiger partial charge in [0, 0.05) is 18.6 Å². The Morgan fingerprint density at radius 2 is 1.27 bits per heavy atom. The number of carbonyl (C=O) groups is 1. The van der Waals surface area contributed by atoms with E-state index in [4.69, 9.17) is 4.74 Å². The summed E-state index contributed by atoms with van der Waals surface area (Å²) in [6, 6.07) is 25.7. The molecule has 0 N–H and O–H groups in total. The van der Waals surface area contributed by atoms with Crippen LogP contribution in [0.3, 0.4) is 0 Å². The third-order valence-electron chi connectivity index (χ3n) is 4.73. The fraction of sp³-hybridized carbons (Fsp3) is 0.296. The molecule has 3 rings (SSSR count). The van der Waals surface area contributed by atoms with E-state index >= 15 is 0 Å². The van der Waals surface area contributed by atoms with Crippen molar-refractivity contribution >= 4 is 16.7 Å². The van der Waals surface area contributed by atoms with Gasteiger partial charge in [0.2, 0.25) is 0 Å². The number of aryl methyl sites for hydroxylation is 2. The summed E-state index contributed by atoms with van der Waals surface area (Å²) in [6.07, 6.45) is 0.522. The summed E-state index contributed by atoms with van der Waals surface area (Å²) in [5, 5.41) is 0. The summed E-state index contributed by atoms with van der Waals surface area (Å²) in [7, 11) is -0.192. The lowest BCUT2D eigenvalue weighted by molar-refractivity contribution is -0.122. The molecule has 0 spiro atoms. The molecule has 0 amide bonds. The lowest BCUT2D eigenvalue weighted by Crippen LogP contribution is -2.19. The normalized spacial score (nSPS) is 11.5. The molecule has 0 aromatic heterocycles. The molecular formula is C27H31O2S+.